The number of aryl methyl sites for hydroxylation is 2. The van der Waals surface area contributed by atoms with Crippen LogP contribution in [0.3, 0.4) is 0 Å². The van der Waals surface area contributed by atoms with E-state index >= 15 is 0 Å². The highest BCUT2D eigenvalue weighted by molar-refractivity contribution is 5.84. The summed E-state index contributed by atoms with van der Waals surface area (Å²) < 4.78 is 67.1. The van der Waals surface area contributed by atoms with E-state index in [1.807, 2.05) is 0 Å². The number of hydrogen-bond donors (Lipinski definition) is 0. The molecule has 35 heavy (non-hydrogen) atoms. The van der Waals surface area contributed by atoms with Gasteiger partial charge in [-0.1, -0.05) is 43.0 Å². The number of benzene rings is 3. The monoisotopic (exact) mass is 484 g/mol. The van der Waals surface area contributed by atoms with Crippen molar-refractivity contribution in [3.8, 4) is 16.9 Å². The summed E-state index contributed by atoms with van der Waals surface area (Å²) in [6, 6.07) is 12.7. The van der Waals surface area contributed by atoms with Gasteiger partial charge in [0.2, 0.25) is 5.82 Å². The van der Waals surface area contributed by atoms with Crippen molar-refractivity contribution in [1.29, 1.82) is 0 Å². The number of nitrogens with zero attached hydrogens (tertiary/aromatic N) is 2. The van der Waals surface area contributed by atoms with Crippen LogP contribution in [-0.2, 0) is 24.0 Å². The Morgan fingerprint density at radius 3 is 2.17 bits per heavy atom. The lowest BCUT2D eigenvalue weighted by molar-refractivity contribution is 0.372. The minimum atomic E-state index is -1.05. The topological polar surface area (TPSA) is 43.2 Å². The lowest BCUT2D eigenvalue weighted by atomic mass is 9.98. The van der Waals surface area contributed by atoms with Gasteiger partial charge in [0, 0.05) is 24.4 Å². The molecule has 0 amide bonds. The van der Waals surface area contributed by atoms with E-state index in [0.29, 0.717) is 12.0 Å². The minimum absolute atomic E-state index is 0.0587. The molecule has 0 aliphatic heterocycles. The molecule has 0 N–H and O–H groups in total. The lowest BCUT2D eigenvalue weighted by Crippen LogP contribution is -2.03. The first-order valence-electron chi connectivity index (χ1n) is 10.7. The summed E-state index contributed by atoms with van der Waals surface area (Å²) in [4.78, 5) is 7.71. The molecule has 0 heterocycles. The first-order valence-corrected chi connectivity index (χ1v) is 10.7. The maximum Gasteiger partial charge on any atom is 0.315 e. The average molecular weight is 484 g/mol. The molecule has 0 saturated carbocycles. The van der Waals surface area contributed by atoms with Gasteiger partial charge in [0.15, 0.2) is 23.2 Å². The Balaban J connectivity index is 1.67. The molecular weight excluding hydrogens is 460 g/mol. The first-order chi connectivity index (χ1) is 16.9. The molecule has 8 heteroatoms. The van der Waals surface area contributed by atoms with Gasteiger partial charge in [0.1, 0.15) is 0 Å². The zero-order valence-corrected chi connectivity index (χ0v) is 19.3. The van der Waals surface area contributed by atoms with Crippen molar-refractivity contribution < 1.29 is 27.0 Å². The van der Waals surface area contributed by atoms with E-state index in [-0.39, 0.29) is 41.3 Å². The zero-order valence-electron chi connectivity index (χ0n) is 19.3. The molecule has 3 aromatic carbocycles. The van der Waals surface area contributed by atoms with Crippen molar-refractivity contribution in [3.05, 3.63) is 101 Å². The molecule has 182 valence electrons. The Hall–Kier alpha value is -3.94. The van der Waals surface area contributed by atoms with Crippen LogP contribution in [0.15, 0.2) is 71.3 Å². The summed E-state index contributed by atoms with van der Waals surface area (Å²) in [5.41, 5.74) is 1.83. The summed E-state index contributed by atoms with van der Waals surface area (Å²) in [6.45, 7) is 3.44. The fourth-order valence-corrected chi connectivity index (χ4v) is 3.46. The number of hydrogen-bond acceptors (Lipinski definition) is 3. The van der Waals surface area contributed by atoms with E-state index in [0.717, 1.165) is 5.56 Å². The third kappa shape index (κ3) is 6.15. The molecule has 0 fully saturated rings. The van der Waals surface area contributed by atoms with E-state index in [9.17, 15) is 17.6 Å². The van der Waals surface area contributed by atoms with Crippen LogP contribution < -0.4 is 4.74 Å². The molecule has 3 rings (SSSR count). The average Bonchev–Trinajstić information content (AvgIpc) is 2.87. The second kappa shape index (κ2) is 12.0. The Kier molecular flexibility index (Phi) is 8.78. The number of halogens is 4. The fraction of sp³-hybridized carbons (Fsp3) is 0.185. The normalized spacial score (nSPS) is 11.7. The van der Waals surface area contributed by atoms with Crippen LogP contribution in [0.1, 0.15) is 16.7 Å². The van der Waals surface area contributed by atoms with Crippen LogP contribution in [0.2, 0.25) is 0 Å². The van der Waals surface area contributed by atoms with E-state index in [1.165, 1.54) is 44.8 Å². The van der Waals surface area contributed by atoms with Gasteiger partial charge in [-0.25, -0.2) is 23.2 Å². The molecule has 3 aromatic rings. The number of aliphatic imine (C=N–C) groups is 2. The number of amidine groups is 1. The molecule has 0 radical (unpaired) electrons. The predicted octanol–water partition coefficient (Wildman–Crippen LogP) is 6.46. The van der Waals surface area contributed by atoms with Crippen molar-refractivity contribution in [1.82, 2.24) is 0 Å². The highest BCUT2D eigenvalue weighted by Gasteiger charge is 2.16. The van der Waals surface area contributed by atoms with Crippen molar-refractivity contribution in [2.45, 2.75) is 19.3 Å². The Labute approximate surface area is 201 Å². The summed E-state index contributed by atoms with van der Waals surface area (Å²) >= 11 is 0. The second-order valence-electron chi connectivity index (χ2n) is 7.47. The van der Waals surface area contributed by atoms with Crippen LogP contribution in [0.4, 0.5) is 17.6 Å². The molecule has 0 atom stereocenters. The lowest BCUT2D eigenvalue weighted by Gasteiger charge is -2.10. The van der Waals surface area contributed by atoms with Gasteiger partial charge < -0.3 is 9.47 Å². The highest BCUT2D eigenvalue weighted by atomic mass is 19.2. The number of rotatable bonds is 8. The van der Waals surface area contributed by atoms with Crippen LogP contribution in [0.25, 0.3) is 11.1 Å². The quantitative estimate of drug-likeness (QED) is 0.209. The van der Waals surface area contributed by atoms with Crippen molar-refractivity contribution in [2.75, 3.05) is 14.2 Å². The molecule has 0 aliphatic carbocycles. The van der Waals surface area contributed by atoms with Gasteiger partial charge in [0.25, 0.3) is 0 Å². The van der Waals surface area contributed by atoms with Gasteiger partial charge in [-0.15, -0.1) is 0 Å². The third-order valence-corrected chi connectivity index (χ3v) is 5.35. The molecule has 0 unspecified atom stereocenters. The molecular formula is C27H24F4N2O2. The van der Waals surface area contributed by atoms with Crippen molar-refractivity contribution >= 4 is 12.2 Å². The predicted molar refractivity (Wildman–Crippen MR) is 129 cm³/mol. The Bertz CT molecular complexity index is 1260. The summed E-state index contributed by atoms with van der Waals surface area (Å²) in [5.74, 6) is -4.05. The summed E-state index contributed by atoms with van der Waals surface area (Å²) in [6.07, 6.45) is 3.40. The zero-order chi connectivity index (χ0) is 25.4. The van der Waals surface area contributed by atoms with Crippen LogP contribution in [-0.4, -0.2) is 26.5 Å². The van der Waals surface area contributed by atoms with Gasteiger partial charge in [-0.05, 0) is 47.2 Å². The van der Waals surface area contributed by atoms with Gasteiger partial charge in [-0.2, -0.15) is 4.39 Å². The Morgan fingerprint density at radius 2 is 1.51 bits per heavy atom. The standard InChI is InChI=1S/C27H24F4N2O2/c1-4-32-27(35-3)33-16-15-20-12-11-19(23(28)24(20)29)10-7-17-5-8-18(9-6-17)21-13-14-22(34-2)26(31)25(21)30/h4-6,8-9,11-14,16H,1,7,10,15H2,2-3H3. The fourth-order valence-electron chi connectivity index (χ4n) is 3.46. The number of methoxy groups -OCH3 is 2. The van der Waals surface area contributed by atoms with E-state index in [2.05, 4.69) is 16.6 Å². The van der Waals surface area contributed by atoms with E-state index in [1.54, 1.807) is 30.3 Å². The molecule has 0 aliphatic rings. The Morgan fingerprint density at radius 1 is 0.829 bits per heavy atom. The largest absolute Gasteiger partial charge is 0.494 e. The minimum Gasteiger partial charge on any atom is -0.494 e. The van der Waals surface area contributed by atoms with Gasteiger partial charge in [-0.3, -0.25) is 0 Å². The van der Waals surface area contributed by atoms with Gasteiger partial charge >= 0.3 is 6.02 Å². The number of ether oxygens (including phenoxy) is 2. The smallest absolute Gasteiger partial charge is 0.315 e. The van der Waals surface area contributed by atoms with Crippen LogP contribution in [0, 0.1) is 23.3 Å². The third-order valence-electron chi connectivity index (χ3n) is 5.35. The molecule has 4 nitrogen and oxygen atoms in total. The summed E-state index contributed by atoms with van der Waals surface area (Å²) in [7, 11) is 2.65. The van der Waals surface area contributed by atoms with Crippen LogP contribution in [0.5, 0.6) is 5.75 Å². The van der Waals surface area contributed by atoms with E-state index in [4.69, 9.17) is 9.47 Å². The van der Waals surface area contributed by atoms with Crippen LogP contribution >= 0.6 is 0 Å². The molecule has 0 spiro atoms. The molecule has 0 bridgehead atoms. The molecule has 0 aromatic heterocycles. The maximum atomic E-state index is 14.6. The van der Waals surface area contributed by atoms with Crippen molar-refractivity contribution in [3.63, 3.8) is 0 Å². The van der Waals surface area contributed by atoms with Crippen molar-refractivity contribution in [2.24, 2.45) is 9.98 Å². The molecule has 0 saturated heterocycles. The first kappa shape index (κ1) is 25.7. The SMILES string of the molecule is C=CN=C(N=CCc1ccc(CCc2ccc(-c3ccc(OC)c(F)c3F)cc2)c(F)c1F)OC. The highest BCUT2D eigenvalue weighted by Crippen LogP contribution is 2.30. The second-order valence-corrected chi connectivity index (χ2v) is 7.47. The summed E-state index contributed by atoms with van der Waals surface area (Å²) in [5, 5.41) is 0. The van der Waals surface area contributed by atoms with Gasteiger partial charge in [0.05, 0.1) is 14.2 Å². The maximum absolute atomic E-state index is 14.6. The van der Waals surface area contributed by atoms with E-state index < -0.39 is 23.3 Å².